The number of rotatable bonds is 7. The predicted molar refractivity (Wildman–Crippen MR) is 108 cm³/mol. The molecular weight excluding hydrogens is 452 g/mol. The summed E-state index contributed by atoms with van der Waals surface area (Å²) in [5.41, 5.74) is -1.60. The minimum Gasteiger partial charge on any atom is -0.495 e. The molecule has 1 aliphatic carbocycles. The molecule has 1 aliphatic rings. The molecule has 0 saturated heterocycles. The molecule has 0 spiro atoms. The summed E-state index contributed by atoms with van der Waals surface area (Å²) in [4.78, 5) is 12.3. The highest BCUT2D eigenvalue weighted by Crippen LogP contribution is 2.33. The fourth-order valence-electron chi connectivity index (χ4n) is 3.60. The van der Waals surface area contributed by atoms with Crippen LogP contribution in [-0.2, 0) is 22.7 Å². The molecule has 2 aromatic carbocycles. The van der Waals surface area contributed by atoms with E-state index in [0.29, 0.717) is 18.9 Å². The lowest BCUT2D eigenvalue weighted by Gasteiger charge is -2.16. The van der Waals surface area contributed by atoms with Gasteiger partial charge in [-0.1, -0.05) is 18.9 Å². The molecule has 0 heterocycles. The van der Waals surface area contributed by atoms with Crippen LogP contribution in [0.3, 0.4) is 0 Å². The summed E-state index contributed by atoms with van der Waals surface area (Å²) >= 11 is 0. The van der Waals surface area contributed by atoms with Crippen molar-refractivity contribution in [1.82, 2.24) is 10.0 Å². The molecule has 1 amide bonds. The number of carbonyl (C=O) groups excluding carboxylic acids is 1. The van der Waals surface area contributed by atoms with Crippen molar-refractivity contribution >= 4 is 15.9 Å². The minimum atomic E-state index is -4.80. The molecule has 0 unspecified atom stereocenters. The van der Waals surface area contributed by atoms with Gasteiger partial charge in [-0.25, -0.2) is 17.5 Å². The van der Waals surface area contributed by atoms with Crippen molar-refractivity contribution in [1.29, 1.82) is 0 Å². The summed E-state index contributed by atoms with van der Waals surface area (Å²) in [6.07, 6.45) is -1.55. The van der Waals surface area contributed by atoms with Crippen LogP contribution in [0.25, 0.3) is 0 Å². The van der Waals surface area contributed by atoms with E-state index < -0.39 is 40.0 Å². The smallest absolute Gasteiger partial charge is 0.416 e. The normalized spacial score (nSPS) is 15.0. The number of ether oxygens (including phenoxy) is 1. The molecule has 0 bridgehead atoms. The van der Waals surface area contributed by atoms with Crippen molar-refractivity contribution in [2.24, 2.45) is 0 Å². The van der Waals surface area contributed by atoms with Crippen LogP contribution in [0.1, 0.15) is 47.2 Å². The standard InChI is InChI=1S/C21H22F4N2O4S/c1-31-18-9-7-13(10-19(18)32(29,30)27-16-4-2-3-5-16)20(28)26-12-14-6-8-15(22)11-17(14)21(23,24)25/h6-11,16,27H,2-5,12H2,1H3,(H,26,28). The van der Waals surface area contributed by atoms with Gasteiger partial charge >= 0.3 is 6.18 Å². The lowest BCUT2D eigenvalue weighted by Crippen LogP contribution is -2.33. The van der Waals surface area contributed by atoms with Gasteiger partial charge in [-0.15, -0.1) is 0 Å². The fourth-order valence-corrected chi connectivity index (χ4v) is 5.10. The van der Waals surface area contributed by atoms with Crippen LogP contribution < -0.4 is 14.8 Å². The van der Waals surface area contributed by atoms with Gasteiger partial charge < -0.3 is 10.1 Å². The molecule has 0 atom stereocenters. The second kappa shape index (κ2) is 9.45. The first-order valence-electron chi connectivity index (χ1n) is 9.85. The summed E-state index contributed by atoms with van der Waals surface area (Å²) in [5.74, 6) is -1.81. The predicted octanol–water partition coefficient (Wildman–Crippen LogP) is 4.00. The third kappa shape index (κ3) is 5.57. The molecule has 2 N–H and O–H groups in total. The third-order valence-electron chi connectivity index (χ3n) is 5.21. The Morgan fingerprint density at radius 3 is 2.44 bits per heavy atom. The average molecular weight is 474 g/mol. The SMILES string of the molecule is COc1ccc(C(=O)NCc2ccc(F)cc2C(F)(F)F)cc1S(=O)(=O)NC1CCCC1. The maximum atomic E-state index is 13.3. The summed E-state index contributed by atoms with van der Waals surface area (Å²) in [7, 11) is -2.70. The van der Waals surface area contributed by atoms with Gasteiger partial charge in [-0.05, 0) is 48.7 Å². The highest BCUT2D eigenvalue weighted by atomic mass is 32.2. The first-order chi connectivity index (χ1) is 15.0. The topological polar surface area (TPSA) is 84.5 Å². The van der Waals surface area contributed by atoms with Gasteiger partial charge in [0, 0.05) is 18.2 Å². The number of benzene rings is 2. The zero-order chi connectivity index (χ0) is 23.5. The number of halogens is 4. The van der Waals surface area contributed by atoms with Gasteiger partial charge in [-0.3, -0.25) is 4.79 Å². The van der Waals surface area contributed by atoms with Crippen LogP contribution >= 0.6 is 0 Å². The van der Waals surface area contributed by atoms with E-state index in [1.165, 1.54) is 19.2 Å². The quantitative estimate of drug-likeness (QED) is 0.594. The third-order valence-corrected chi connectivity index (χ3v) is 6.75. The van der Waals surface area contributed by atoms with E-state index in [4.69, 9.17) is 4.74 Å². The summed E-state index contributed by atoms with van der Waals surface area (Å²) in [6.45, 7) is -0.525. The van der Waals surface area contributed by atoms with Gasteiger partial charge in [0.25, 0.3) is 5.91 Å². The summed E-state index contributed by atoms with van der Waals surface area (Å²) < 4.78 is 86.0. The van der Waals surface area contributed by atoms with Crippen molar-refractivity contribution < 1.29 is 35.5 Å². The summed E-state index contributed by atoms with van der Waals surface area (Å²) in [6, 6.07) is 5.67. The number of hydrogen-bond acceptors (Lipinski definition) is 4. The largest absolute Gasteiger partial charge is 0.495 e. The number of nitrogens with one attached hydrogen (secondary N) is 2. The second-order valence-corrected chi connectivity index (χ2v) is 9.13. The molecule has 1 fully saturated rings. The molecule has 32 heavy (non-hydrogen) atoms. The zero-order valence-electron chi connectivity index (χ0n) is 17.1. The van der Waals surface area contributed by atoms with Gasteiger partial charge in [0.05, 0.1) is 12.7 Å². The zero-order valence-corrected chi connectivity index (χ0v) is 17.9. The van der Waals surface area contributed by atoms with E-state index >= 15 is 0 Å². The highest BCUT2D eigenvalue weighted by Gasteiger charge is 2.34. The van der Waals surface area contributed by atoms with Crippen LogP contribution in [0.2, 0.25) is 0 Å². The van der Waals surface area contributed by atoms with Crippen molar-refractivity contribution in [3.63, 3.8) is 0 Å². The van der Waals surface area contributed by atoms with Crippen molar-refractivity contribution in [3.05, 3.63) is 58.9 Å². The van der Waals surface area contributed by atoms with Gasteiger partial charge in [-0.2, -0.15) is 13.2 Å². The molecule has 3 rings (SSSR count). The van der Waals surface area contributed by atoms with E-state index in [2.05, 4.69) is 10.0 Å². The van der Waals surface area contributed by atoms with Crippen molar-refractivity contribution in [2.75, 3.05) is 7.11 Å². The highest BCUT2D eigenvalue weighted by molar-refractivity contribution is 7.89. The second-order valence-electron chi connectivity index (χ2n) is 7.45. The molecule has 11 heteroatoms. The molecule has 1 saturated carbocycles. The molecule has 0 aromatic heterocycles. The van der Waals surface area contributed by atoms with Crippen LogP contribution in [0, 0.1) is 5.82 Å². The van der Waals surface area contributed by atoms with Crippen molar-refractivity contribution in [2.45, 2.75) is 49.3 Å². The van der Waals surface area contributed by atoms with E-state index in [1.807, 2.05) is 0 Å². The lowest BCUT2D eigenvalue weighted by molar-refractivity contribution is -0.138. The van der Waals surface area contributed by atoms with E-state index in [-0.39, 0.29) is 27.8 Å². The van der Waals surface area contributed by atoms with Crippen LogP contribution in [0.4, 0.5) is 17.6 Å². The average Bonchev–Trinajstić information content (AvgIpc) is 3.23. The van der Waals surface area contributed by atoms with Gasteiger partial charge in [0.2, 0.25) is 10.0 Å². The first kappa shape index (κ1) is 24.0. The maximum Gasteiger partial charge on any atom is 0.416 e. The lowest BCUT2D eigenvalue weighted by atomic mass is 10.1. The van der Waals surface area contributed by atoms with Gasteiger partial charge in [0.15, 0.2) is 0 Å². The number of sulfonamides is 1. The van der Waals surface area contributed by atoms with Crippen LogP contribution in [-0.4, -0.2) is 27.5 Å². The van der Waals surface area contributed by atoms with Gasteiger partial charge in [0.1, 0.15) is 16.5 Å². The minimum absolute atomic E-state index is 0.0324. The Morgan fingerprint density at radius 1 is 1.12 bits per heavy atom. The summed E-state index contributed by atoms with van der Waals surface area (Å²) in [5, 5.41) is 2.32. The number of methoxy groups -OCH3 is 1. The number of hydrogen-bond donors (Lipinski definition) is 2. The number of carbonyl (C=O) groups is 1. The Labute approximate surface area is 183 Å². The molecule has 2 aromatic rings. The molecular formula is C21H22F4N2O4S. The monoisotopic (exact) mass is 474 g/mol. The van der Waals surface area contributed by atoms with E-state index in [9.17, 15) is 30.8 Å². The Bertz CT molecular complexity index is 1100. The Kier molecular flexibility index (Phi) is 7.09. The fraction of sp³-hybridized carbons (Fsp3) is 0.381. The molecule has 174 valence electrons. The van der Waals surface area contributed by atoms with Crippen LogP contribution in [0.15, 0.2) is 41.3 Å². The maximum absolute atomic E-state index is 13.3. The van der Waals surface area contributed by atoms with E-state index in [1.54, 1.807) is 0 Å². The van der Waals surface area contributed by atoms with E-state index in [0.717, 1.165) is 31.0 Å². The Hall–Kier alpha value is -2.66. The van der Waals surface area contributed by atoms with Crippen molar-refractivity contribution in [3.8, 4) is 5.75 Å². The number of alkyl halides is 3. The Morgan fingerprint density at radius 2 is 1.81 bits per heavy atom. The molecule has 0 radical (unpaired) electrons. The Balaban J connectivity index is 1.82. The molecule has 0 aliphatic heterocycles. The van der Waals surface area contributed by atoms with Crippen LogP contribution in [0.5, 0.6) is 5.75 Å². The number of amides is 1. The first-order valence-corrected chi connectivity index (χ1v) is 11.3. The molecule has 6 nitrogen and oxygen atoms in total.